The maximum Gasteiger partial charge on any atom is 0.416 e. The smallest absolute Gasteiger partial charge is 0.416 e. The number of methoxy groups -OCH3 is 1. The Bertz CT molecular complexity index is 855. The Morgan fingerprint density at radius 2 is 1.93 bits per heavy atom. The molecule has 0 aromatic heterocycles. The van der Waals surface area contributed by atoms with Gasteiger partial charge in [-0.15, -0.1) is 0 Å². The first kappa shape index (κ1) is 20.5. The molecular formula is C20H19ClF3NO3. The Balaban J connectivity index is 2.15. The molecule has 0 amide bonds. The van der Waals surface area contributed by atoms with Gasteiger partial charge in [-0.3, -0.25) is 9.69 Å². The molecule has 2 unspecified atom stereocenters. The zero-order valence-electron chi connectivity index (χ0n) is 15.0. The summed E-state index contributed by atoms with van der Waals surface area (Å²) >= 11 is 6.29. The van der Waals surface area contributed by atoms with Crippen molar-refractivity contribution in [1.82, 2.24) is 4.90 Å². The van der Waals surface area contributed by atoms with Crippen LogP contribution < -0.4 is 4.74 Å². The Hall–Kier alpha value is -2.25. The number of benzene rings is 2. The molecule has 0 radical (unpaired) electrons. The standard InChI is InChI=1S/C20H19ClF3NO3/c1-28-14-7-4-12(5-8-14)18(25-10-2-3-17(25)19(26)27)15-11-13(20(22,23)24)6-9-16(15)21/h4-9,11,17-18H,2-3,10H2,1H3,(H,26,27). The lowest BCUT2D eigenvalue weighted by atomic mass is 9.94. The number of halogens is 4. The van der Waals surface area contributed by atoms with E-state index in [1.165, 1.54) is 13.2 Å². The van der Waals surface area contributed by atoms with Crippen LogP contribution >= 0.6 is 11.6 Å². The molecule has 2 atom stereocenters. The van der Waals surface area contributed by atoms with Gasteiger partial charge < -0.3 is 9.84 Å². The largest absolute Gasteiger partial charge is 0.497 e. The quantitative estimate of drug-likeness (QED) is 0.749. The number of aliphatic carboxylic acids is 1. The minimum Gasteiger partial charge on any atom is -0.497 e. The van der Waals surface area contributed by atoms with Crippen molar-refractivity contribution in [3.63, 3.8) is 0 Å². The molecule has 0 spiro atoms. The summed E-state index contributed by atoms with van der Waals surface area (Å²) in [7, 11) is 1.51. The van der Waals surface area contributed by atoms with Gasteiger partial charge in [0, 0.05) is 11.6 Å². The fourth-order valence-electron chi connectivity index (χ4n) is 3.63. The summed E-state index contributed by atoms with van der Waals surface area (Å²) in [6, 6.07) is 8.45. The summed E-state index contributed by atoms with van der Waals surface area (Å²) in [5.41, 5.74) is 0.0569. The van der Waals surface area contributed by atoms with Crippen LogP contribution in [0.3, 0.4) is 0 Å². The number of hydrogen-bond donors (Lipinski definition) is 1. The van der Waals surface area contributed by atoms with Crippen LogP contribution in [0.15, 0.2) is 42.5 Å². The molecule has 150 valence electrons. The molecule has 1 N–H and O–H groups in total. The van der Waals surface area contributed by atoms with Crippen molar-refractivity contribution < 1.29 is 27.8 Å². The van der Waals surface area contributed by atoms with Gasteiger partial charge >= 0.3 is 12.1 Å². The normalized spacial score (nSPS) is 18.8. The van der Waals surface area contributed by atoms with Gasteiger partial charge in [0.1, 0.15) is 11.8 Å². The third-order valence-electron chi connectivity index (χ3n) is 4.96. The highest BCUT2D eigenvalue weighted by Crippen LogP contribution is 2.41. The number of carboxylic acids is 1. The minimum atomic E-state index is -4.53. The highest BCUT2D eigenvalue weighted by Gasteiger charge is 2.39. The van der Waals surface area contributed by atoms with Crippen LogP contribution in [0.1, 0.15) is 35.6 Å². The summed E-state index contributed by atoms with van der Waals surface area (Å²) in [5.74, 6) is -0.409. The van der Waals surface area contributed by atoms with E-state index in [9.17, 15) is 23.1 Å². The molecule has 1 fully saturated rings. The van der Waals surface area contributed by atoms with Gasteiger partial charge in [0.2, 0.25) is 0 Å². The maximum atomic E-state index is 13.3. The maximum absolute atomic E-state index is 13.3. The predicted molar refractivity (Wildman–Crippen MR) is 98.7 cm³/mol. The Kier molecular flexibility index (Phi) is 5.86. The van der Waals surface area contributed by atoms with E-state index >= 15 is 0 Å². The Labute approximate surface area is 165 Å². The lowest BCUT2D eigenvalue weighted by Gasteiger charge is -2.33. The molecule has 3 rings (SSSR count). The molecule has 28 heavy (non-hydrogen) atoms. The van der Waals surface area contributed by atoms with Gasteiger partial charge in [0.15, 0.2) is 0 Å². The van der Waals surface area contributed by atoms with Crippen molar-refractivity contribution in [2.24, 2.45) is 0 Å². The molecule has 0 aliphatic carbocycles. The van der Waals surface area contributed by atoms with E-state index in [0.29, 0.717) is 30.7 Å². The molecule has 2 aromatic rings. The van der Waals surface area contributed by atoms with Crippen molar-refractivity contribution in [3.05, 3.63) is 64.2 Å². The van der Waals surface area contributed by atoms with Crippen LogP contribution in [0.2, 0.25) is 5.02 Å². The highest BCUT2D eigenvalue weighted by atomic mass is 35.5. The predicted octanol–water partition coefficient (Wildman–Crippen LogP) is 5.01. The summed E-state index contributed by atoms with van der Waals surface area (Å²) in [5, 5.41) is 9.74. The average molecular weight is 414 g/mol. The van der Waals surface area contributed by atoms with E-state index in [-0.39, 0.29) is 10.6 Å². The van der Waals surface area contributed by atoms with E-state index < -0.39 is 29.8 Å². The van der Waals surface area contributed by atoms with E-state index in [1.807, 2.05) is 0 Å². The fourth-order valence-corrected chi connectivity index (χ4v) is 3.85. The Morgan fingerprint density at radius 3 is 2.50 bits per heavy atom. The number of hydrogen-bond acceptors (Lipinski definition) is 3. The first-order valence-corrected chi connectivity index (χ1v) is 9.09. The second kappa shape index (κ2) is 8.01. The van der Waals surface area contributed by atoms with Crippen LogP contribution in [-0.2, 0) is 11.0 Å². The van der Waals surface area contributed by atoms with Crippen LogP contribution in [0.25, 0.3) is 0 Å². The van der Waals surface area contributed by atoms with Gasteiger partial charge in [0.25, 0.3) is 0 Å². The average Bonchev–Trinajstić information content (AvgIpc) is 3.13. The lowest BCUT2D eigenvalue weighted by Crippen LogP contribution is -2.39. The minimum absolute atomic E-state index is 0.157. The Morgan fingerprint density at radius 1 is 1.25 bits per heavy atom. The van der Waals surface area contributed by atoms with E-state index in [4.69, 9.17) is 16.3 Å². The summed E-state index contributed by atoms with van der Waals surface area (Å²) in [6.07, 6.45) is -3.46. The van der Waals surface area contributed by atoms with Crippen molar-refractivity contribution >= 4 is 17.6 Å². The van der Waals surface area contributed by atoms with E-state index in [1.54, 1.807) is 29.2 Å². The fraction of sp³-hybridized carbons (Fsp3) is 0.350. The van der Waals surface area contributed by atoms with Crippen LogP contribution in [0.5, 0.6) is 5.75 Å². The molecular weight excluding hydrogens is 395 g/mol. The second-order valence-electron chi connectivity index (χ2n) is 6.64. The van der Waals surface area contributed by atoms with Gasteiger partial charge in [-0.25, -0.2) is 0 Å². The van der Waals surface area contributed by atoms with Gasteiger partial charge in [-0.05, 0) is 54.3 Å². The molecule has 0 bridgehead atoms. The van der Waals surface area contributed by atoms with Crippen LogP contribution in [0, 0.1) is 0 Å². The second-order valence-corrected chi connectivity index (χ2v) is 7.05. The number of ether oxygens (including phenoxy) is 1. The van der Waals surface area contributed by atoms with E-state index in [0.717, 1.165) is 12.1 Å². The highest BCUT2D eigenvalue weighted by molar-refractivity contribution is 6.31. The molecule has 1 heterocycles. The van der Waals surface area contributed by atoms with Gasteiger partial charge in [-0.1, -0.05) is 23.7 Å². The molecule has 0 saturated carbocycles. The molecule has 1 aliphatic heterocycles. The van der Waals surface area contributed by atoms with Crippen molar-refractivity contribution in [1.29, 1.82) is 0 Å². The van der Waals surface area contributed by atoms with Crippen LogP contribution in [-0.4, -0.2) is 35.7 Å². The molecule has 4 nitrogen and oxygen atoms in total. The number of nitrogens with zero attached hydrogens (tertiary/aromatic N) is 1. The number of rotatable bonds is 5. The number of carboxylic acid groups (broad SMARTS) is 1. The summed E-state index contributed by atoms with van der Waals surface area (Å²) < 4.78 is 45.0. The first-order valence-electron chi connectivity index (χ1n) is 8.71. The third kappa shape index (κ3) is 4.10. The number of alkyl halides is 3. The summed E-state index contributed by atoms with van der Waals surface area (Å²) in [4.78, 5) is 13.4. The first-order chi connectivity index (χ1) is 13.2. The number of carbonyl (C=O) groups is 1. The molecule has 1 aliphatic rings. The lowest BCUT2D eigenvalue weighted by molar-refractivity contribution is -0.143. The van der Waals surface area contributed by atoms with Crippen molar-refractivity contribution in [2.75, 3.05) is 13.7 Å². The zero-order valence-corrected chi connectivity index (χ0v) is 15.8. The zero-order chi connectivity index (χ0) is 20.5. The van der Waals surface area contributed by atoms with Crippen molar-refractivity contribution in [2.45, 2.75) is 31.1 Å². The van der Waals surface area contributed by atoms with E-state index in [2.05, 4.69) is 0 Å². The number of likely N-dealkylation sites (tertiary alicyclic amines) is 1. The topological polar surface area (TPSA) is 49.8 Å². The van der Waals surface area contributed by atoms with Gasteiger partial charge in [0.05, 0.1) is 18.7 Å². The van der Waals surface area contributed by atoms with Gasteiger partial charge in [-0.2, -0.15) is 13.2 Å². The molecule has 8 heteroatoms. The third-order valence-corrected chi connectivity index (χ3v) is 5.30. The molecule has 1 saturated heterocycles. The molecule has 2 aromatic carbocycles. The van der Waals surface area contributed by atoms with Crippen LogP contribution in [0.4, 0.5) is 13.2 Å². The monoisotopic (exact) mass is 413 g/mol. The van der Waals surface area contributed by atoms with Crippen molar-refractivity contribution in [3.8, 4) is 5.75 Å². The SMILES string of the molecule is COc1ccc(C(c2cc(C(F)(F)F)ccc2Cl)N2CCCC2C(=O)O)cc1. The summed E-state index contributed by atoms with van der Waals surface area (Å²) in [6.45, 7) is 0.445.